The summed E-state index contributed by atoms with van der Waals surface area (Å²) < 4.78 is 0. The zero-order valence-electron chi connectivity index (χ0n) is 29.8. The summed E-state index contributed by atoms with van der Waals surface area (Å²) in [5.74, 6) is -0.0570. The number of unbranched alkanes of at least 4 members (excludes halogenated alkanes) is 28. The Morgan fingerprint density at radius 3 is 0.930 bits per heavy atom. The van der Waals surface area contributed by atoms with E-state index in [9.17, 15) is 14.7 Å². The van der Waals surface area contributed by atoms with Gasteiger partial charge < -0.3 is 5.11 Å². The summed E-state index contributed by atoms with van der Waals surface area (Å²) >= 11 is 0. The van der Waals surface area contributed by atoms with Crippen LogP contribution in [0.15, 0.2) is 0 Å². The Morgan fingerprint density at radius 1 is 0.395 bits per heavy atom. The van der Waals surface area contributed by atoms with Crippen LogP contribution in [-0.4, -0.2) is 22.3 Å². The SMILES string of the molecule is CCCCCCCCCCCCCCCCCC(=O)CC(O)(CC)C(=O)CCCCCCCCCCCCCCCCC. The van der Waals surface area contributed by atoms with Crippen molar-refractivity contribution in [3.8, 4) is 0 Å². The first-order valence-corrected chi connectivity index (χ1v) is 19.8. The van der Waals surface area contributed by atoms with E-state index < -0.39 is 5.60 Å². The molecule has 256 valence electrons. The molecule has 0 fully saturated rings. The zero-order chi connectivity index (χ0) is 31.7. The van der Waals surface area contributed by atoms with Crippen molar-refractivity contribution in [3.63, 3.8) is 0 Å². The maximum atomic E-state index is 12.8. The number of hydrogen-bond donors (Lipinski definition) is 1. The molecule has 1 unspecified atom stereocenters. The number of carbonyl (C=O) groups excluding carboxylic acids is 2. The lowest BCUT2D eigenvalue weighted by Crippen LogP contribution is -2.40. The highest BCUT2D eigenvalue weighted by atomic mass is 16.3. The van der Waals surface area contributed by atoms with Gasteiger partial charge in [0.25, 0.3) is 0 Å². The summed E-state index contributed by atoms with van der Waals surface area (Å²) in [4.78, 5) is 25.3. The molecule has 0 aliphatic carbocycles. The molecule has 0 saturated carbocycles. The van der Waals surface area contributed by atoms with Crippen LogP contribution in [0.3, 0.4) is 0 Å². The third kappa shape index (κ3) is 28.5. The standard InChI is InChI=1S/C40H78O3/c1-4-7-9-11-13-15-17-19-21-23-25-27-29-31-33-35-38(41)37-40(43,6-3)39(42)36-34-32-30-28-26-24-22-20-18-16-14-12-10-8-5-2/h43H,4-37H2,1-3H3. The fourth-order valence-electron chi connectivity index (χ4n) is 6.42. The highest BCUT2D eigenvalue weighted by molar-refractivity contribution is 5.92. The van der Waals surface area contributed by atoms with E-state index in [-0.39, 0.29) is 18.0 Å². The molecule has 0 rings (SSSR count). The van der Waals surface area contributed by atoms with Crippen LogP contribution in [0.4, 0.5) is 0 Å². The predicted octanol–water partition coefficient (Wildman–Crippen LogP) is 13.2. The molecule has 0 aliphatic rings. The van der Waals surface area contributed by atoms with Gasteiger partial charge in [0.15, 0.2) is 5.78 Å². The molecule has 0 radical (unpaired) electrons. The minimum absolute atomic E-state index is 0.0136. The Morgan fingerprint density at radius 2 is 0.651 bits per heavy atom. The van der Waals surface area contributed by atoms with E-state index in [0.717, 1.165) is 25.7 Å². The average molecular weight is 607 g/mol. The Hall–Kier alpha value is -0.700. The summed E-state index contributed by atoms with van der Waals surface area (Å²) in [6.07, 6.45) is 40.4. The largest absolute Gasteiger partial charge is 0.382 e. The molecule has 0 spiro atoms. The predicted molar refractivity (Wildman–Crippen MR) is 189 cm³/mol. The van der Waals surface area contributed by atoms with E-state index in [4.69, 9.17) is 0 Å². The maximum absolute atomic E-state index is 12.8. The third-order valence-electron chi connectivity index (χ3n) is 9.66. The molecule has 1 N–H and O–H groups in total. The normalized spacial score (nSPS) is 12.9. The molecule has 0 aromatic carbocycles. The van der Waals surface area contributed by atoms with Gasteiger partial charge in [0.05, 0.1) is 0 Å². The van der Waals surface area contributed by atoms with Crippen LogP contribution in [0, 0.1) is 0 Å². The van der Waals surface area contributed by atoms with Crippen LogP contribution in [0.1, 0.15) is 239 Å². The fraction of sp³-hybridized carbons (Fsp3) is 0.950. The number of rotatable bonds is 36. The second-order valence-electron chi connectivity index (χ2n) is 13.9. The van der Waals surface area contributed by atoms with Gasteiger partial charge in [0.2, 0.25) is 0 Å². The zero-order valence-corrected chi connectivity index (χ0v) is 29.8. The third-order valence-corrected chi connectivity index (χ3v) is 9.66. The molecule has 0 aromatic heterocycles. The second-order valence-corrected chi connectivity index (χ2v) is 13.9. The second kappa shape index (κ2) is 32.7. The van der Waals surface area contributed by atoms with Crippen molar-refractivity contribution < 1.29 is 14.7 Å². The van der Waals surface area contributed by atoms with Crippen LogP contribution >= 0.6 is 0 Å². The molecular formula is C40H78O3. The van der Waals surface area contributed by atoms with Crippen LogP contribution in [0.25, 0.3) is 0 Å². The summed E-state index contributed by atoms with van der Waals surface area (Å²) in [7, 11) is 0. The van der Waals surface area contributed by atoms with E-state index in [1.165, 1.54) is 167 Å². The molecule has 0 aromatic rings. The van der Waals surface area contributed by atoms with Crippen LogP contribution in [-0.2, 0) is 9.59 Å². The maximum Gasteiger partial charge on any atom is 0.164 e. The Labute approximate surface area is 270 Å². The van der Waals surface area contributed by atoms with Crippen molar-refractivity contribution in [1.82, 2.24) is 0 Å². The van der Waals surface area contributed by atoms with Gasteiger partial charge in [0, 0.05) is 19.3 Å². The molecule has 0 aliphatic heterocycles. The van der Waals surface area contributed by atoms with Crippen molar-refractivity contribution in [2.24, 2.45) is 0 Å². The van der Waals surface area contributed by atoms with Crippen LogP contribution in [0.5, 0.6) is 0 Å². The van der Waals surface area contributed by atoms with Gasteiger partial charge in [-0.05, 0) is 19.3 Å². The van der Waals surface area contributed by atoms with Gasteiger partial charge in [0.1, 0.15) is 11.4 Å². The molecule has 0 heterocycles. The van der Waals surface area contributed by atoms with Crippen LogP contribution in [0.2, 0.25) is 0 Å². The topological polar surface area (TPSA) is 54.4 Å². The van der Waals surface area contributed by atoms with E-state index in [0.29, 0.717) is 19.3 Å². The van der Waals surface area contributed by atoms with E-state index >= 15 is 0 Å². The Kier molecular flexibility index (Phi) is 32.2. The number of aliphatic hydroxyl groups is 1. The van der Waals surface area contributed by atoms with Crippen molar-refractivity contribution in [2.45, 2.75) is 245 Å². The van der Waals surface area contributed by atoms with Gasteiger partial charge in [-0.15, -0.1) is 0 Å². The van der Waals surface area contributed by atoms with Crippen molar-refractivity contribution in [1.29, 1.82) is 0 Å². The van der Waals surface area contributed by atoms with Crippen molar-refractivity contribution in [2.75, 3.05) is 0 Å². The molecule has 0 saturated heterocycles. The minimum Gasteiger partial charge on any atom is -0.382 e. The summed E-state index contributed by atoms with van der Waals surface area (Å²) in [5, 5.41) is 10.9. The van der Waals surface area contributed by atoms with Crippen molar-refractivity contribution in [3.05, 3.63) is 0 Å². The monoisotopic (exact) mass is 607 g/mol. The fourth-order valence-corrected chi connectivity index (χ4v) is 6.42. The molecule has 0 amide bonds. The van der Waals surface area contributed by atoms with Crippen LogP contribution < -0.4 is 0 Å². The number of ketones is 2. The van der Waals surface area contributed by atoms with E-state index in [1.807, 2.05) is 6.92 Å². The first-order chi connectivity index (χ1) is 21.0. The Bertz CT molecular complexity index is 601. The molecular weight excluding hydrogens is 528 g/mol. The van der Waals surface area contributed by atoms with Gasteiger partial charge >= 0.3 is 0 Å². The lowest BCUT2D eigenvalue weighted by Gasteiger charge is -2.24. The first kappa shape index (κ1) is 42.3. The van der Waals surface area contributed by atoms with E-state index in [1.54, 1.807) is 0 Å². The lowest BCUT2D eigenvalue weighted by molar-refractivity contribution is -0.143. The first-order valence-electron chi connectivity index (χ1n) is 19.8. The minimum atomic E-state index is -1.44. The molecule has 43 heavy (non-hydrogen) atoms. The summed E-state index contributed by atoms with van der Waals surface area (Å²) in [6, 6.07) is 0. The van der Waals surface area contributed by atoms with Gasteiger partial charge in [-0.25, -0.2) is 0 Å². The number of hydrogen-bond acceptors (Lipinski definition) is 3. The molecule has 1 atom stereocenters. The van der Waals surface area contributed by atoms with E-state index in [2.05, 4.69) is 13.8 Å². The van der Waals surface area contributed by atoms with Crippen molar-refractivity contribution >= 4 is 11.6 Å². The molecule has 3 nitrogen and oxygen atoms in total. The average Bonchev–Trinajstić information content (AvgIpc) is 3.00. The molecule has 0 bridgehead atoms. The number of carbonyl (C=O) groups is 2. The van der Waals surface area contributed by atoms with Gasteiger partial charge in [-0.3, -0.25) is 9.59 Å². The van der Waals surface area contributed by atoms with Gasteiger partial charge in [-0.2, -0.15) is 0 Å². The van der Waals surface area contributed by atoms with Gasteiger partial charge in [-0.1, -0.05) is 201 Å². The summed E-state index contributed by atoms with van der Waals surface area (Å²) in [6.45, 7) is 6.39. The number of Topliss-reactive ketones (excluding diaryl/α,β-unsaturated/α-hetero) is 2. The smallest absolute Gasteiger partial charge is 0.164 e. The quantitative estimate of drug-likeness (QED) is 0.0722. The Balaban J connectivity index is 3.65. The lowest BCUT2D eigenvalue weighted by atomic mass is 9.85. The highest BCUT2D eigenvalue weighted by Gasteiger charge is 2.35. The highest BCUT2D eigenvalue weighted by Crippen LogP contribution is 2.23. The molecule has 3 heteroatoms. The summed E-state index contributed by atoms with van der Waals surface area (Å²) in [5.41, 5.74) is -1.44.